The molecule has 2 amide bonds. The van der Waals surface area contributed by atoms with Gasteiger partial charge in [-0.1, -0.05) is 56.7 Å². The summed E-state index contributed by atoms with van der Waals surface area (Å²) in [5.41, 5.74) is 3.44. The second-order valence-electron chi connectivity index (χ2n) is 11.8. The molecule has 1 aliphatic carbocycles. The number of aliphatic carboxylic acids is 1. The van der Waals surface area contributed by atoms with Crippen LogP contribution in [0, 0.1) is 18.3 Å². The second-order valence-corrected chi connectivity index (χ2v) is 11.8. The molecule has 39 heavy (non-hydrogen) atoms. The van der Waals surface area contributed by atoms with Crippen LogP contribution in [-0.2, 0) is 9.59 Å². The first-order valence-corrected chi connectivity index (χ1v) is 13.5. The topological polar surface area (TPSA) is 102 Å². The number of carbonyl (C=O) groups is 3. The number of aryl methyl sites for hydroxylation is 1. The average Bonchev–Trinajstić information content (AvgIpc) is 3.14. The Morgan fingerprint density at radius 3 is 2.33 bits per heavy atom. The zero-order valence-corrected chi connectivity index (χ0v) is 26.0. The number of amides is 2. The zero-order valence-electron chi connectivity index (χ0n) is 24.0. The SMILES string of the molecule is Cc1cccc(C2=NC3(CCC(C(C)(C)C)CC3)N([C@H](C)c3ccc(C(=O)NCCC(=O)[O-])cc3)C2=O)c1.[Na+]. The zero-order chi connectivity index (χ0) is 27.7. The molecule has 0 radical (unpaired) electrons. The number of hydrogen-bond acceptors (Lipinski definition) is 5. The van der Waals surface area contributed by atoms with Gasteiger partial charge < -0.3 is 20.1 Å². The summed E-state index contributed by atoms with van der Waals surface area (Å²) in [6.45, 7) is 10.9. The Morgan fingerprint density at radius 2 is 1.77 bits per heavy atom. The molecule has 1 saturated carbocycles. The van der Waals surface area contributed by atoms with Gasteiger partial charge in [0.2, 0.25) is 0 Å². The van der Waals surface area contributed by atoms with Gasteiger partial charge in [0.1, 0.15) is 11.4 Å². The first-order valence-electron chi connectivity index (χ1n) is 13.5. The van der Waals surface area contributed by atoms with Crippen LogP contribution < -0.4 is 40.0 Å². The van der Waals surface area contributed by atoms with E-state index in [2.05, 4.69) is 26.1 Å². The van der Waals surface area contributed by atoms with Gasteiger partial charge in [0.05, 0.1) is 6.04 Å². The first-order chi connectivity index (χ1) is 17.9. The van der Waals surface area contributed by atoms with Gasteiger partial charge in [-0.2, -0.15) is 0 Å². The van der Waals surface area contributed by atoms with Gasteiger partial charge in [-0.15, -0.1) is 0 Å². The molecule has 2 aliphatic rings. The van der Waals surface area contributed by atoms with Crippen LogP contribution in [-0.4, -0.2) is 40.6 Å². The molecule has 0 unspecified atom stereocenters. The maximum atomic E-state index is 14.0. The van der Waals surface area contributed by atoms with Crippen LogP contribution in [0.5, 0.6) is 0 Å². The van der Waals surface area contributed by atoms with E-state index in [9.17, 15) is 19.5 Å². The summed E-state index contributed by atoms with van der Waals surface area (Å²) >= 11 is 0. The van der Waals surface area contributed by atoms with Crippen molar-refractivity contribution in [2.45, 2.75) is 78.4 Å². The van der Waals surface area contributed by atoms with E-state index in [4.69, 9.17) is 4.99 Å². The van der Waals surface area contributed by atoms with Crippen molar-refractivity contribution < 1.29 is 49.0 Å². The number of carboxylic acid groups (broad SMARTS) is 1. The number of hydrogen-bond donors (Lipinski definition) is 1. The Hall–Kier alpha value is -2.48. The van der Waals surface area contributed by atoms with E-state index in [1.54, 1.807) is 12.1 Å². The molecule has 1 atom stereocenters. The van der Waals surface area contributed by atoms with E-state index in [0.717, 1.165) is 42.4 Å². The number of carbonyl (C=O) groups excluding carboxylic acids is 3. The molecule has 1 spiro atoms. The second kappa shape index (κ2) is 12.4. The van der Waals surface area contributed by atoms with Gasteiger partial charge in [-0.05, 0) is 74.6 Å². The number of benzene rings is 2. The van der Waals surface area contributed by atoms with Gasteiger partial charge in [0, 0.05) is 30.1 Å². The normalized spacial score (nSPS) is 21.8. The van der Waals surface area contributed by atoms with Crippen LogP contribution in [0.25, 0.3) is 0 Å². The number of carboxylic acids is 1. The fourth-order valence-corrected chi connectivity index (χ4v) is 5.87. The van der Waals surface area contributed by atoms with E-state index in [0.29, 0.717) is 17.2 Å². The van der Waals surface area contributed by atoms with Crippen LogP contribution >= 0.6 is 0 Å². The maximum Gasteiger partial charge on any atom is 1.00 e. The predicted octanol–water partition coefficient (Wildman–Crippen LogP) is 1.19. The molecule has 7 nitrogen and oxygen atoms in total. The number of rotatable bonds is 7. The van der Waals surface area contributed by atoms with Crippen molar-refractivity contribution in [3.05, 3.63) is 70.8 Å². The molecule has 1 aliphatic heterocycles. The molecular formula is C31H38N3NaO4. The summed E-state index contributed by atoms with van der Waals surface area (Å²) in [6.07, 6.45) is 3.42. The van der Waals surface area contributed by atoms with Crippen LogP contribution in [0.3, 0.4) is 0 Å². The van der Waals surface area contributed by atoms with Gasteiger partial charge in [0.15, 0.2) is 0 Å². The third kappa shape index (κ3) is 6.82. The molecule has 0 bridgehead atoms. The van der Waals surface area contributed by atoms with Gasteiger partial charge in [-0.25, -0.2) is 0 Å². The quantitative estimate of drug-likeness (QED) is 0.534. The largest absolute Gasteiger partial charge is 1.00 e. The Morgan fingerprint density at radius 1 is 1.13 bits per heavy atom. The third-order valence-corrected chi connectivity index (χ3v) is 8.15. The summed E-state index contributed by atoms with van der Waals surface area (Å²) < 4.78 is 0. The average molecular weight is 540 g/mol. The minimum absolute atomic E-state index is 0. The third-order valence-electron chi connectivity index (χ3n) is 8.15. The number of nitrogens with zero attached hydrogens (tertiary/aromatic N) is 2. The van der Waals surface area contributed by atoms with Gasteiger partial charge in [-0.3, -0.25) is 14.6 Å². The molecule has 0 saturated heterocycles. The fourth-order valence-electron chi connectivity index (χ4n) is 5.87. The molecule has 1 N–H and O–H groups in total. The molecule has 4 rings (SSSR count). The van der Waals surface area contributed by atoms with Crippen molar-refractivity contribution in [1.29, 1.82) is 0 Å². The summed E-state index contributed by atoms with van der Waals surface area (Å²) in [4.78, 5) is 44.2. The van der Waals surface area contributed by atoms with Crippen LogP contribution in [0.2, 0.25) is 0 Å². The van der Waals surface area contributed by atoms with Crippen molar-refractivity contribution >= 4 is 23.5 Å². The van der Waals surface area contributed by atoms with Crippen molar-refractivity contribution in [2.75, 3.05) is 6.54 Å². The van der Waals surface area contributed by atoms with Crippen molar-refractivity contribution in [3.8, 4) is 0 Å². The van der Waals surface area contributed by atoms with E-state index in [1.807, 2.05) is 55.1 Å². The maximum absolute atomic E-state index is 14.0. The smallest absolute Gasteiger partial charge is 0.550 e. The van der Waals surface area contributed by atoms with Crippen molar-refractivity contribution in [1.82, 2.24) is 10.2 Å². The molecule has 8 heteroatoms. The minimum Gasteiger partial charge on any atom is -0.550 e. The standard InChI is InChI=1S/C31H39N3O4.Na/c1-20-7-6-8-24(19-20)27-29(38)34(31(33-27)16-13-25(14-17-31)30(3,4)5)21(2)22-9-11-23(12-10-22)28(37)32-18-15-26(35)36;/h6-12,19,21,25H,13-18H2,1-5H3,(H,32,37)(H,35,36);/q;+1/p-1/t21-,25?,31?;/m1./s1. The van der Waals surface area contributed by atoms with Gasteiger partial charge >= 0.3 is 29.6 Å². The Labute approximate surface area is 253 Å². The van der Waals surface area contributed by atoms with Crippen LogP contribution in [0.15, 0.2) is 53.5 Å². The number of aliphatic imine (C=N–C) groups is 1. The summed E-state index contributed by atoms with van der Waals surface area (Å²) in [7, 11) is 0. The molecule has 0 aromatic heterocycles. The van der Waals surface area contributed by atoms with E-state index in [1.165, 1.54) is 0 Å². The molecule has 202 valence electrons. The van der Waals surface area contributed by atoms with E-state index < -0.39 is 11.6 Å². The van der Waals surface area contributed by atoms with E-state index >= 15 is 0 Å². The first kappa shape index (κ1) is 31.1. The van der Waals surface area contributed by atoms with Crippen LogP contribution in [0.4, 0.5) is 0 Å². The van der Waals surface area contributed by atoms with Crippen LogP contribution in [0.1, 0.15) is 92.9 Å². The molecular weight excluding hydrogens is 501 g/mol. The Balaban J connectivity index is 0.00000420. The molecule has 1 heterocycles. The molecule has 2 aromatic rings. The summed E-state index contributed by atoms with van der Waals surface area (Å²) in [5.74, 6) is -1.03. The summed E-state index contributed by atoms with van der Waals surface area (Å²) in [6, 6.07) is 14.9. The Kier molecular flexibility index (Phi) is 9.84. The molecule has 2 aromatic carbocycles. The van der Waals surface area contributed by atoms with Gasteiger partial charge in [0.25, 0.3) is 11.8 Å². The Bertz CT molecular complexity index is 1240. The monoisotopic (exact) mass is 539 g/mol. The summed E-state index contributed by atoms with van der Waals surface area (Å²) in [5, 5.41) is 13.2. The minimum atomic E-state index is -1.21. The number of nitrogens with one attached hydrogen (secondary N) is 1. The van der Waals surface area contributed by atoms with E-state index in [-0.39, 0.29) is 65.8 Å². The van der Waals surface area contributed by atoms with Crippen molar-refractivity contribution in [3.63, 3.8) is 0 Å². The fraction of sp³-hybridized carbons (Fsp3) is 0.484. The van der Waals surface area contributed by atoms with Crippen molar-refractivity contribution in [2.24, 2.45) is 16.3 Å². The molecule has 1 fully saturated rings. The predicted molar refractivity (Wildman–Crippen MR) is 146 cm³/mol.